The van der Waals surface area contributed by atoms with E-state index in [-0.39, 0.29) is 5.91 Å². The summed E-state index contributed by atoms with van der Waals surface area (Å²) in [4.78, 5) is 12.3. The Kier molecular flexibility index (Phi) is 4.13. The summed E-state index contributed by atoms with van der Waals surface area (Å²) in [6.45, 7) is 6.51. The SMILES string of the molecule is CCOc1ccc(NC(=O)c2cc(C)n(C)c2C)cc1. The van der Waals surface area contributed by atoms with Crippen molar-refractivity contribution in [2.45, 2.75) is 20.8 Å². The number of anilines is 1. The third-order valence-electron chi connectivity index (χ3n) is 3.44. The minimum atomic E-state index is -0.0876. The molecule has 0 aliphatic heterocycles. The highest BCUT2D eigenvalue weighted by Gasteiger charge is 2.13. The molecule has 1 heterocycles. The van der Waals surface area contributed by atoms with Gasteiger partial charge in [-0.05, 0) is 51.1 Å². The first-order chi connectivity index (χ1) is 9.52. The zero-order chi connectivity index (χ0) is 14.7. The number of nitrogens with zero attached hydrogens (tertiary/aromatic N) is 1. The number of benzene rings is 1. The number of hydrogen-bond acceptors (Lipinski definition) is 2. The van der Waals surface area contributed by atoms with Gasteiger partial charge in [-0.15, -0.1) is 0 Å². The van der Waals surface area contributed by atoms with Crippen LogP contribution in [-0.2, 0) is 7.05 Å². The predicted molar refractivity (Wildman–Crippen MR) is 80.5 cm³/mol. The van der Waals surface area contributed by atoms with E-state index in [1.807, 2.05) is 62.7 Å². The molecule has 2 aromatic rings. The number of aryl methyl sites for hydroxylation is 1. The second kappa shape index (κ2) is 5.82. The molecule has 0 radical (unpaired) electrons. The maximum atomic E-state index is 12.3. The Hall–Kier alpha value is -2.23. The quantitative estimate of drug-likeness (QED) is 0.928. The van der Waals surface area contributed by atoms with E-state index in [1.165, 1.54) is 0 Å². The summed E-state index contributed by atoms with van der Waals surface area (Å²) in [5.41, 5.74) is 3.50. The van der Waals surface area contributed by atoms with E-state index in [9.17, 15) is 4.79 Å². The van der Waals surface area contributed by atoms with Crippen LogP contribution in [0.5, 0.6) is 5.75 Å². The highest BCUT2D eigenvalue weighted by molar-refractivity contribution is 6.05. The fourth-order valence-electron chi connectivity index (χ4n) is 2.08. The van der Waals surface area contributed by atoms with Gasteiger partial charge >= 0.3 is 0 Å². The number of nitrogens with one attached hydrogen (secondary N) is 1. The van der Waals surface area contributed by atoms with E-state index >= 15 is 0 Å². The number of hydrogen-bond donors (Lipinski definition) is 1. The van der Waals surface area contributed by atoms with Crippen LogP contribution in [0.1, 0.15) is 28.7 Å². The first-order valence-electron chi connectivity index (χ1n) is 6.70. The van der Waals surface area contributed by atoms with Crippen LogP contribution >= 0.6 is 0 Å². The molecule has 4 heteroatoms. The first kappa shape index (κ1) is 14.2. The van der Waals surface area contributed by atoms with Gasteiger partial charge in [0.05, 0.1) is 12.2 Å². The normalized spacial score (nSPS) is 10.4. The number of ether oxygens (including phenoxy) is 1. The van der Waals surface area contributed by atoms with Crippen molar-refractivity contribution in [2.75, 3.05) is 11.9 Å². The van der Waals surface area contributed by atoms with Gasteiger partial charge in [-0.1, -0.05) is 0 Å². The van der Waals surface area contributed by atoms with E-state index in [1.54, 1.807) is 0 Å². The average molecular weight is 272 g/mol. The Labute approximate surface area is 119 Å². The molecule has 20 heavy (non-hydrogen) atoms. The molecule has 0 atom stereocenters. The Morgan fingerprint density at radius 1 is 1.25 bits per heavy atom. The molecule has 0 unspecified atom stereocenters. The highest BCUT2D eigenvalue weighted by atomic mass is 16.5. The standard InChI is InChI=1S/C16H20N2O2/c1-5-20-14-8-6-13(7-9-14)17-16(19)15-10-11(2)18(4)12(15)3/h6-10H,5H2,1-4H3,(H,17,19). The van der Waals surface area contributed by atoms with Crippen molar-refractivity contribution >= 4 is 11.6 Å². The molecular formula is C16H20N2O2. The number of aromatic nitrogens is 1. The van der Waals surface area contributed by atoms with Gasteiger partial charge in [-0.25, -0.2) is 0 Å². The molecule has 1 N–H and O–H groups in total. The van der Waals surface area contributed by atoms with E-state index in [0.29, 0.717) is 12.2 Å². The van der Waals surface area contributed by atoms with Crippen LogP contribution in [0.25, 0.3) is 0 Å². The van der Waals surface area contributed by atoms with Crippen molar-refractivity contribution < 1.29 is 9.53 Å². The Balaban J connectivity index is 2.13. The summed E-state index contributed by atoms with van der Waals surface area (Å²) in [6.07, 6.45) is 0. The highest BCUT2D eigenvalue weighted by Crippen LogP contribution is 2.18. The zero-order valence-electron chi connectivity index (χ0n) is 12.4. The van der Waals surface area contributed by atoms with E-state index in [2.05, 4.69) is 5.32 Å². The molecule has 0 spiro atoms. The summed E-state index contributed by atoms with van der Waals surface area (Å²) in [6, 6.07) is 9.28. The predicted octanol–water partition coefficient (Wildman–Crippen LogP) is 3.29. The molecule has 0 saturated carbocycles. The third kappa shape index (κ3) is 2.85. The molecule has 0 aliphatic rings. The Bertz CT molecular complexity index is 612. The monoisotopic (exact) mass is 272 g/mol. The second-order valence-corrected chi connectivity index (χ2v) is 4.76. The topological polar surface area (TPSA) is 43.3 Å². The maximum Gasteiger partial charge on any atom is 0.257 e. The lowest BCUT2D eigenvalue weighted by Gasteiger charge is -2.07. The van der Waals surface area contributed by atoms with Gasteiger partial charge in [-0.3, -0.25) is 4.79 Å². The molecule has 2 rings (SSSR count). The van der Waals surface area contributed by atoms with Crippen molar-refractivity contribution in [3.8, 4) is 5.75 Å². The molecular weight excluding hydrogens is 252 g/mol. The minimum absolute atomic E-state index is 0.0876. The lowest BCUT2D eigenvalue weighted by Crippen LogP contribution is -2.12. The molecule has 0 saturated heterocycles. The summed E-state index contributed by atoms with van der Waals surface area (Å²) < 4.78 is 7.38. The van der Waals surface area contributed by atoms with Crippen LogP contribution in [0, 0.1) is 13.8 Å². The first-order valence-corrected chi connectivity index (χ1v) is 6.70. The van der Waals surface area contributed by atoms with Gasteiger partial charge in [0.15, 0.2) is 0 Å². The van der Waals surface area contributed by atoms with E-state index in [0.717, 1.165) is 22.8 Å². The average Bonchev–Trinajstić information content (AvgIpc) is 2.69. The largest absolute Gasteiger partial charge is 0.494 e. The summed E-state index contributed by atoms with van der Waals surface area (Å²) in [7, 11) is 1.96. The Morgan fingerprint density at radius 2 is 1.90 bits per heavy atom. The summed E-state index contributed by atoms with van der Waals surface area (Å²) in [5.74, 6) is 0.715. The zero-order valence-corrected chi connectivity index (χ0v) is 12.4. The van der Waals surface area contributed by atoms with Gasteiger partial charge < -0.3 is 14.6 Å². The van der Waals surface area contributed by atoms with Gasteiger partial charge in [-0.2, -0.15) is 0 Å². The van der Waals surface area contributed by atoms with Gasteiger partial charge in [0.2, 0.25) is 0 Å². The minimum Gasteiger partial charge on any atom is -0.494 e. The van der Waals surface area contributed by atoms with Crippen LogP contribution < -0.4 is 10.1 Å². The van der Waals surface area contributed by atoms with Crippen molar-refractivity contribution in [1.29, 1.82) is 0 Å². The fraction of sp³-hybridized carbons (Fsp3) is 0.312. The number of amides is 1. The van der Waals surface area contributed by atoms with Crippen molar-refractivity contribution in [3.05, 3.63) is 47.3 Å². The molecule has 4 nitrogen and oxygen atoms in total. The van der Waals surface area contributed by atoms with Crippen LogP contribution in [0.2, 0.25) is 0 Å². The van der Waals surface area contributed by atoms with Gasteiger partial charge in [0.25, 0.3) is 5.91 Å². The second-order valence-electron chi connectivity index (χ2n) is 4.76. The molecule has 1 aromatic carbocycles. The van der Waals surface area contributed by atoms with Crippen LogP contribution in [0.15, 0.2) is 30.3 Å². The van der Waals surface area contributed by atoms with Crippen LogP contribution in [0.4, 0.5) is 5.69 Å². The molecule has 106 valence electrons. The maximum absolute atomic E-state index is 12.3. The van der Waals surface area contributed by atoms with Gasteiger partial charge in [0.1, 0.15) is 5.75 Å². The van der Waals surface area contributed by atoms with Crippen LogP contribution in [0.3, 0.4) is 0 Å². The van der Waals surface area contributed by atoms with E-state index in [4.69, 9.17) is 4.74 Å². The summed E-state index contributed by atoms with van der Waals surface area (Å²) in [5, 5.41) is 2.90. The van der Waals surface area contributed by atoms with Crippen molar-refractivity contribution in [3.63, 3.8) is 0 Å². The molecule has 0 fully saturated rings. The number of carbonyl (C=O) groups is 1. The number of carbonyl (C=O) groups excluding carboxylic acids is 1. The smallest absolute Gasteiger partial charge is 0.257 e. The Morgan fingerprint density at radius 3 is 2.40 bits per heavy atom. The van der Waals surface area contributed by atoms with E-state index < -0.39 is 0 Å². The summed E-state index contributed by atoms with van der Waals surface area (Å²) >= 11 is 0. The molecule has 1 amide bonds. The fourth-order valence-corrected chi connectivity index (χ4v) is 2.08. The lowest BCUT2D eigenvalue weighted by molar-refractivity contribution is 0.102. The van der Waals surface area contributed by atoms with Crippen LogP contribution in [-0.4, -0.2) is 17.1 Å². The van der Waals surface area contributed by atoms with Gasteiger partial charge in [0, 0.05) is 24.1 Å². The lowest BCUT2D eigenvalue weighted by atomic mass is 10.2. The van der Waals surface area contributed by atoms with Crippen molar-refractivity contribution in [2.24, 2.45) is 7.05 Å². The number of rotatable bonds is 4. The molecule has 0 aliphatic carbocycles. The molecule has 0 bridgehead atoms. The van der Waals surface area contributed by atoms with Crippen molar-refractivity contribution in [1.82, 2.24) is 4.57 Å². The third-order valence-corrected chi connectivity index (χ3v) is 3.44. The molecule has 1 aromatic heterocycles.